The van der Waals surface area contributed by atoms with E-state index in [1.54, 1.807) is 7.11 Å². The van der Waals surface area contributed by atoms with Crippen LogP contribution < -0.4 is 4.74 Å². The summed E-state index contributed by atoms with van der Waals surface area (Å²) in [6, 6.07) is 11.2. The third kappa shape index (κ3) is 3.17. The Labute approximate surface area is 127 Å². The van der Waals surface area contributed by atoms with E-state index in [0.717, 1.165) is 28.0 Å². The molecule has 2 aromatic rings. The number of hydrogen-bond donors (Lipinski definition) is 1. The molecule has 0 spiro atoms. The molecule has 1 N–H and O–H groups in total. The van der Waals surface area contributed by atoms with Crippen molar-refractivity contribution in [2.45, 2.75) is 31.4 Å². The number of aryl methyl sites for hydroxylation is 1. The first kappa shape index (κ1) is 15.7. The van der Waals surface area contributed by atoms with Gasteiger partial charge in [-0.2, -0.15) is 4.55 Å². The predicted molar refractivity (Wildman–Crippen MR) is 86.3 cm³/mol. The average Bonchev–Trinajstić information content (AvgIpc) is 2.43. The molecule has 2 rings (SSSR count). The summed E-state index contributed by atoms with van der Waals surface area (Å²) in [6.07, 6.45) is 0. The summed E-state index contributed by atoms with van der Waals surface area (Å²) < 4.78 is 28.8. The van der Waals surface area contributed by atoms with E-state index in [4.69, 9.17) is 4.74 Å². The molecule has 4 heteroatoms. The summed E-state index contributed by atoms with van der Waals surface area (Å²) in [6.45, 7) is 5.64. The number of rotatable bonds is 4. The van der Waals surface area contributed by atoms with Gasteiger partial charge in [0.25, 0.3) is 10.2 Å². The summed E-state index contributed by atoms with van der Waals surface area (Å²) in [4.78, 5) is 0.532. The minimum atomic E-state index is -3.13. The maximum atomic E-state index is 12.9. The molecule has 1 unspecified atom stereocenters. The third-order valence-corrected chi connectivity index (χ3v) is 5.71. The van der Waals surface area contributed by atoms with Gasteiger partial charge in [-0.1, -0.05) is 34.5 Å². The van der Waals surface area contributed by atoms with Gasteiger partial charge >= 0.3 is 0 Å². The second kappa shape index (κ2) is 6.00. The van der Waals surface area contributed by atoms with Gasteiger partial charge in [0.05, 0.1) is 7.11 Å². The maximum absolute atomic E-state index is 12.9. The molecule has 0 aliphatic carbocycles. The first-order valence-corrected chi connectivity index (χ1v) is 8.48. The smallest absolute Gasteiger partial charge is 0.252 e. The van der Waals surface area contributed by atoms with Gasteiger partial charge in [0.2, 0.25) is 0 Å². The normalized spacial score (nSPS) is 13.8. The van der Waals surface area contributed by atoms with Crippen molar-refractivity contribution in [1.29, 1.82) is 0 Å². The molecule has 0 saturated heterocycles. The zero-order valence-electron chi connectivity index (χ0n) is 12.8. The van der Waals surface area contributed by atoms with Gasteiger partial charge in [-0.15, -0.1) is 0 Å². The summed E-state index contributed by atoms with van der Waals surface area (Å²) in [5.41, 5.74) is 3.39. The average molecular weight is 305 g/mol. The van der Waals surface area contributed by atoms with Crippen LogP contribution in [0.4, 0.5) is 0 Å². The highest BCUT2D eigenvalue weighted by molar-refractivity contribution is 7.97. The summed E-state index contributed by atoms with van der Waals surface area (Å²) in [7, 11) is -1.52. The van der Waals surface area contributed by atoms with Crippen LogP contribution in [0.15, 0.2) is 41.3 Å². The molecule has 1 atom stereocenters. The molecule has 0 aliphatic heterocycles. The van der Waals surface area contributed by atoms with Gasteiger partial charge in [0.1, 0.15) is 5.75 Å². The van der Waals surface area contributed by atoms with Crippen LogP contribution in [-0.4, -0.2) is 11.7 Å². The standard InChI is InChI=1S/C17H20O3S/c1-12-10-16(20-4)13(2)14(3)17(12)21(18,19)11-15-8-6-5-7-9-15/h5-10H,11H2,1-4H3/p+1. The van der Waals surface area contributed by atoms with Crippen molar-refractivity contribution in [3.8, 4) is 5.75 Å². The molecule has 0 aliphatic rings. The minimum Gasteiger partial charge on any atom is -0.496 e. The lowest BCUT2D eigenvalue weighted by Crippen LogP contribution is -2.17. The topological polar surface area (TPSA) is 46.5 Å². The van der Waals surface area contributed by atoms with E-state index in [1.165, 1.54) is 0 Å². The van der Waals surface area contributed by atoms with Crippen molar-refractivity contribution in [2.75, 3.05) is 7.11 Å². The molecule has 0 bridgehead atoms. The number of benzene rings is 2. The summed E-state index contributed by atoms with van der Waals surface area (Å²) in [5.74, 6) is 0.880. The molecular weight excluding hydrogens is 284 g/mol. The maximum Gasteiger partial charge on any atom is 0.252 e. The molecule has 2 aromatic carbocycles. The van der Waals surface area contributed by atoms with Gasteiger partial charge in [-0.3, -0.25) is 0 Å². The van der Waals surface area contributed by atoms with Gasteiger partial charge < -0.3 is 4.74 Å². The molecule has 0 fully saturated rings. The summed E-state index contributed by atoms with van der Waals surface area (Å²) in [5, 5.41) is 0. The zero-order valence-corrected chi connectivity index (χ0v) is 13.7. The molecule has 112 valence electrons. The highest BCUT2D eigenvalue weighted by Gasteiger charge is 2.34. The fourth-order valence-corrected chi connectivity index (χ4v) is 4.58. The van der Waals surface area contributed by atoms with Crippen LogP contribution in [0, 0.1) is 20.8 Å². The molecule has 0 radical (unpaired) electrons. The largest absolute Gasteiger partial charge is 0.496 e. The van der Waals surface area contributed by atoms with E-state index in [-0.39, 0.29) is 5.75 Å². The minimum absolute atomic E-state index is 0.126. The Bertz CT molecular complexity index is 693. The highest BCUT2D eigenvalue weighted by Crippen LogP contribution is 2.34. The van der Waals surface area contributed by atoms with Crippen molar-refractivity contribution in [3.05, 3.63) is 58.7 Å². The Balaban J connectivity index is 2.50. The lowest BCUT2D eigenvalue weighted by Gasteiger charge is -2.15. The highest BCUT2D eigenvalue weighted by atomic mass is 32.3. The second-order valence-electron chi connectivity index (χ2n) is 5.25. The second-order valence-corrected chi connectivity index (χ2v) is 7.22. The van der Waals surface area contributed by atoms with Crippen LogP contribution in [-0.2, 0) is 20.2 Å². The van der Waals surface area contributed by atoms with Crippen molar-refractivity contribution < 1.29 is 13.5 Å². The first-order valence-electron chi connectivity index (χ1n) is 6.80. The van der Waals surface area contributed by atoms with E-state index in [1.807, 2.05) is 57.2 Å². The van der Waals surface area contributed by atoms with Crippen molar-refractivity contribution in [2.24, 2.45) is 0 Å². The molecular formula is C17H21O3S+. The Hall–Kier alpha value is -1.65. The monoisotopic (exact) mass is 305 g/mol. The van der Waals surface area contributed by atoms with Crippen LogP contribution in [0.25, 0.3) is 0 Å². The quantitative estimate of drug-likeness (QED) is 0.863. The number of hydrogen-bond acceptors (Lipinski definition) is 2. The molecule has 21 heavy (non-hydrogen) atoms. The van der Waals surface area contributed by atoms with Crippen molar-refractivity contribution in [3.63, 3.8) is 0 Å². The van der Waals surface area contributed by atoms with E-state index < -0.39 is 10.2 Å². The lowest BCUT2D eigenvalue weighted by molar-refractivity contribution is 0.410. The van der Waals surface area contributed by atoms with E-state index in [0.29, 0.717) is 4.90 Å². The van der Waals surface area contributed by atoms with Crippen LogP contribution in [0.1, 0.15) is 22.3 Å². The fraction of sp³-hybridized carbons (Fsp3) is 0.294. The Kier molecular flexibility index (Phi) is 4.49. The van der Waals surface area contributed by atoms with Crippen LogP contribution in [0.2, 0.25) is 0 Å². The number of ether oxygens (including phenoxy) is 1. The lowest BCUT2D eigenvalue weighted by atomic mass is 10.1. The molecule has 0 saturated carbocycles. The predicted octanol–water partition coefficient (Wildman–Crippen LogP) is 4.15. The van der Waals surface area contributed by atoms with Crippen LogP contribution in [0.5, 0.6) is 5.75 Å². The van der Waals surface area contributed by atoms with E-state index in [9.17, 15) is 8.76 Å². The number of methoxy groups -OCH3 is 1. The van der Waals surface area contributed by atoms with E-state index in [2.05, 4.69) is 0 Å². The fourth-order valence-electron chi connectivity index (χ4n) is 2.60. The molecule has 0 amide bonds. The molecule has 0 aromatic heterocycles. The SMILES string of the molecule is COc1cc(C)c([S+](=O)(O)Cc2ccccc2)c(C)c1C. The van der Waals surface area contributed by atoms with Crippen molar-refractivity contribution in [1.82, 2.24) is 0 Å². The Morgan fingerprint density at radius 2 is 1.71 bits per heavy atom. The zero-order chi connectivity index (χ0) is 15.6. The molecule has 3 nitrogen and oxygen atoms in total. The van der Waals surface area contributed by atoms with Crippen LogP contribution in [0.3, 0.4) is 0 Å². The van der Waals surface area contributed by atoms with Crippen LogP contribution >= 0.6 is 0 Å². The van der Waals surface area contributed by atoms with Gasteiger partial charge in [-0.05, 0) is 32.4 Å². The van der Waals surface area contributed by atoms with Gasteiger partial charge in [0.15, 0.2) is 10.6 Å². The summed E-state index contributed by atoms with van der Waals surface area (Å²) >= 11 is 0. The molecule has 0 heterocycles. The third-order valence-electron chi connectivity index (χ3n) is 3.72. The van der Waals surface area contributed by atoms with Crippen molar-refractivity contribution >= 4 is 10.2 Å². The Morgan fingerprint density at radius 3 is 2.29 bits per heavy atom. The Morgan fingerprint density at radius 1 is 1.10 bits per heavy atom. The van der Waals surface area contributed by atoms with Gasteiger partial charge in [0, 0.05) is 16.7 Å². The first-order chi connectivity index (χ1) is 9.86. The van der Waals surface area contributed by atoms with Gasteiger partial charge in [-0.25, -0.2) is 0 Å². The van der Waals surface area contributed by atoms with E-state index >= 15 is 0 Å².